The summed E-state index contributed by atoms with van der Waals surface area (Å²) in [6.07, 6.45) is 6.46. The van der Waals surface area contributed by atoms with E-state index < -0.39 is 0 Å². The van der Waals surface area contributed by atoms with Crippen molar-refractivity contribution in [3.05, 3.63) is 67.1 Å². The van der Waals surface area contributed by atoms with Crippen molar-refractivity contribution in [2.45, 2.75) is 153 Å². The van der Waals surface area contributed by atoms with Crippen molar-refractivity contribution in [3.8, 4) is 0 Å². The van der Waals surface area contributed by atoms with Gasteiger partial charge >= 0.3 is 17.1 Å². The number of hydrogen-bond acceptors (Lipinski definition) is 11. The van der Waals surface area contributed by atoms with Crippen molar-refractivity contribution >= 4 is 51.2 Å². The predicted octanol–water partition coefficient (Wildman–Crippen LogP) is 6.58. The Hall–Kier alpha value is -2.58. The van der Waals surface area contributed by atoms with E-state index in [0.29, 0.717) is 57.0 Å². The number of benzene rings is 1. The van der Waals surface area contributed by atoms with Gasteiger partial charge < -0.3 is 4.74 Å². The SMILES string of the molecule is CCSc1n[nH]c(=O)n1CC.CCSc1nn(CCCBr)c(=O)n1CC.CCSc1nn(CCCN2C3CCC2CC(OCc2ccccc2F)C3)c(=O)n1CC. The fraction of sp³-hybridized carbons (Fsp3) is 0.684. The van der Waals surface area contributed by atoms with Crippen LogP contribution in [0.3, 0.4) is 0 Å². The van der Waals surface area contributed by atoms with E-state index in [9.17, 15) is 18.8 Å². The number of alkyl halides is 1. The molecule has 2 unspecified atom stereocenters. The zero-order valence-electron chi connectivity index (χ0n) is 34.2. The van der Waals surface area contributed by atoms with Crippen molar-refractivity contribution < 1.29 is 9.13 Å². The van der Waals surface area contributed by atoms with Gasteiger partial charge in [-0.15, -0.1) is 15.3 Å². The summed E-state index contributed by atoms with van der Waals surface area (Å²) >= 11 is 8.15. The highest BCUT2D eigenvalue weighted by molar-refractivity contribution is 9.09. The van der Waals surface area contributed by atoms with Crippen LogP contribution in [0.15, 0.2) is 54.1 Å². The van der Waals surface area contributed by atoms with Gasteiger partial charge in [-0.3, -0.25) is 18.6 Å². The van der Waals surface area contributed by atoms with Crippen LogP contribution in [0.25, 0.3) is 0 Å². The number of nitrogens with zero attached hydrogens (tertiary/aromatic N) is 9. The van der Waals surface area contributed by atoms with E-state index in [4.69, 9.17) is 4.74 Å². The lowest BCUT2D eigenvalue weighted by Gasteiger charge is -2.38. The quantitative estimate of drug-likeness (QED) is 0.0805. The summed E-state index contributed by atoms with van der Waals surface area (Å²) < 4.78 is 28.2. The van der Waals surface area contributed by atoms with Crippen LogP contribution in [0.1, 0.15) is 85.6 Å². The van der Waals surface area contributed by atoms with E-state index in [-0.39, 0.29) is 29.0 Å². The van der Waals surface area contributed by atoms with E-state index in [1.165, 1.54) is 18.9 Å². The maximum Gasteiger partial charge on any atom is 0.346 e. The first-order valence-corrected chi connectivity index (χ1v) is 24.3. The molecule has 0 amide bonds. The summed E-state index contributed by atoms with van der Waals surface area (Å²) in [7, 11) is 0. The van der Waals surface area contributed by atoms with Crippen LogP contribution in [0.4, 0.5) is 4.39 Å². The van der Waals surface area contributed by atoms with Crippen molar-refractivity contribution in [3.63, 3.8) is 0 Å². The smallest absolute Gasteiger partial charge is 0.346 e. The molecule has 1 N–H and O–H groups in total. The van der Waals surface area contributed by atoms with Crippen molar-refractivity contribution in [2.24, 2.45) is 0 Å². The largest absolute Gasteiger partial charge is 0.373 e. The molecule has 1 aromatic carbocycles. The normalized spacial score (nSPS) is 17.6. The minimum absolute atomic E-state index is 0.00155. The van der Waals surface area contributed by atoms with E-state index >= 15 is 0 Å². The van der Waals surface area contributed by atoms with E-state index in [2.05, 4.69) is 55.1 Å². The summed E-state index contributed by atoms with van der Waals surface area (Å²) in [6, 6.07) is 7.91. The summed E-state index contributed by atoms with van der Waals surface area (Å²) in [4.78, 5) is 38.0. The first-order valence-electron chi connectivity index (χ1n) is 20.2. The Kier molecular flexibility index (Phi) is 20.2. The fourth-order valence-corrected chi connectivity index (χ4v) is 9.67. The van der Waals surface area contributed by atoms with Gasteiger partial charge in [0.2, 0.25) is 0 Å². The molecule has 0 spiro atoms. The van der Waals surface area contributed by atoms with Crippen LogP contribution in [0, 0.1) is 5.82 Å². The summed E-state index contributed by atoms with van der Waals surface area (Å²) in [6.45, 7) is 16.8. The minimum Gasteiger partial charge on any atom is -0.373 e. The van der Waals surface area contributed by atoms with Gasteiger partial charge in [-0.2, -0.15) is 0 Å². The molecule has 57 heavy (non-hydrogen) atoms. The molecule has 2 aliphatic rings. The van der Waals surface area contributed by atoms with Gasteiger partial charge in [0.05, 0.1) is 12.7 Å². The molecular formula is C38H60BrFN10O4S3. The number of thioether (sulfide) groups is 3. The molecule has 6 rings (SSSR count). The van der Waals surface area contributed by atoms with Crippen LogP contribution in [-0.2, 0) is 44.1 Å². The van der Waals surface area contributed by atoms with Gasteiger partial charge in [0.25, 0.3) is 0 Å². The Morgan fingerprint density at radius 1 is 0.754 bits per heavy atom. The van der Waals surface area contributed by atoms with Gasteiger partial charge in [0.1, 0.15) is 5.82 Å². The first-order chi connectivity index (χ1) is 27.6. The third kappa shape index (κ3) is 13.0. The standard InChI is InChI=1S/C23H33FN4O2S.C9H16BrN3OS.C6H11N3OS/c1-3-26-22(31-4-2)25-28(23(26)29)13-7-12-27-18-10-11-19(27)15-20(14-18)30-16-17-8-5-6-9-21(17)24;1-3-12-8(15-4-2)11-13(9(12)14)7-5-6-10;1-3-9-5(10)7-8-6(9)11-4-2/h5-6,8-9,18-20H,3-4,7,10-16H2,1-2H3;3-7H2,1-2H3;3-4H2,1-2H3,(H,7,10). The monoisotopic (exact) mass is 914 g/mol. The first kappa shape index (κ1) is 47.1. The summed E-state index contributed by atoms with van der Waals surface area (Å²) in [5, 5.41) is 18.5. The zero-order valence-corrected chi connectivity index (χ0v) is 38.2. The van der Waals surface area contributed by atoms with Crippen LogP contribution < -0.4 is 17.1 Å². The molecule has 19 heteroatoms. The topological polar surface area (TPSA) is 143 Å². The van der Waals surface area contributed by atoms with Crippen molar-refractivity contribution in [1.29, 1.82) is 0 Å². The van der Waals surface area contributed by atoms with Crippen LogP contribution in [0.2, 0.25) is 0 Å². The summed E-state index contributed by atoms with van der Waals surface area (Å²) in [5.74, 6) is 2.59. The third-order valence-electron chi connectivity index (χ3n) is 9.83. The average Bonchev–Trinajstić information content (AvgIpc) is 3.89. The second-order valence-electron chi connectivity index (χ2n) is 13.4. The Morgan fingerprint density at radius 2 is 1.28 bits per heavy atom. The maximum absolute atomic E-state index is 13.9. The number of ether oxygens (including phenoxy) is 1. The maximum atomic E-state index is 13.9. The number of H-pyrrole nitrogens is 1. The Morgan fingerprint density at radius 3 is 1.79 bits per heavy atom. The lowest BCUT2D eigenvalue weighted by atomic mass is 9.99. The number of aromatic nitrogens is 9. The highest BCUT2D eigenvalue weighted by Crippen LogP contribution is 2.37. The molecule has 2 atom stereocenters. The molecule has 318 valence electrons. The number of aromatic amines is 1. The molecule has 14 nitrogen and oxygen atoms in total. The van der Waals surface area contributed by atoms with Gasteiger partial charge in [-0.25, -0.2) is 33.2 Å². The van der Waals surface area contributed by atoms with Gasteiger partial charge in [0.15, 0.2) is 15.5 Å². The van der Waals surface area contributed by atoms with Crippen LogP contribution in [-0.4, -0.2) is 95.7 Å². The fourth-order valence-electron chi connectivity index (χ4n) is 7.13. The van der Waals surface area contributed by atoms with Crippen LogP contribution in [0.5, 0.6) is 0 Å². The molecular weight excluding hydrogens is 856 g/mol. The Bertz CT molecular complexity index is 1960. The number of piperidine rings is 1. The zero-order chi connectivity index (χ0) is 41.3. The Labute approximate surface area is 356 Å². The molecule has 2 aliphatic heterocycles. The lowest BCUT2D eigenvalue weighted by molar-refractivity contribution is -0.0293. The molecule has 2 fully saturated rings. The highest BCUT2D eigenvalue weighted by Gasteiger charge is 2.40. The van der Waals surface area contributed by atoms with Gasteiger partial charge in [-0.05, 0) is 82.6 Å². The van der Waals surface area contributed by atoms with Crippen LogP contribution >= 0.6 is 51.2 Å². The number of fused-ring (bicyclic) bond motifs is 2. The lowest BCUT2D eigenvalue weighted by Crippen LogP contribution is -2.46. The average molecular weight is 916 g/mol. The van der Waals surface area contributed by atoms with E-state index in [0.717, 1.165) is 70.3 Å². The number of hydrogen-bond donors (Lipinski definition) is 1. The number of aryl methyl sites for hydroxylation is 2. The molecule has 4 aromatic rings. The molecule has 0 radical (unpaired) electrons. The molecule has 0 saturated carbocycles. The predicted molar refractivity (Wildman–Crippen MR) is 233 cm³/mol. The molecule has 0 aliphatic carbocycles. The molecule has 2 bridgehead atoms. The number of rotatable bonds is 19. The third-order valence-corrected chi connectivity index (χ3v) is 13.0. The second-order valence-corrected chi connectivity index (χ2v) is 17.9. The highest BCUT2D eigenvalue weighted by atomic mass is 79.9. The minimum atomic E-state index is -0.191. The molecule has 2 saturated heterocycles. The molecule has 3 aromatic heterocycles. The Balaban J connectivity index is 0.000000228. The van der Waals surface area contributed by atoms with Gasteiger partial charge in [-0.1, -0.05) is 90.2 Å². The molecule has 5 heterocycles. The van der Waals surface area contributed by atoms with E-state index in [1.807, 2.05) is 33.8 Å². The number of nitrogens with one attached hydrogen (secondary N) is 1. The second kappa shape index (κ2) is 24.5. The number of halogens is 2. The van der Waals surface area contributed by atoms with Crippen molar-refractivity contribution in [1.82, 2.24) is 48.4 Å². The summed E-state index contributed by atoms with van der Waals surface area (Å²) in [5.41, 5.74) is 0.523. The van der Waals surface area contributed by atoms with E-state index in [1.54, 1.807) is 70.5 Å². The van der Waals surface area contributed by atoms with Gasteiger partial charge in [0, 0.05) is 62.2 Å². The van der Waals surface area contributed by atoms with Crippen molar-refractivity contribution in [2.75, 3.05) is 29.1 Å².